The van der Waals surface area contributed by atoms with Gasteiger partial charge in [0.2, 0.25) is 0 Å². The third kappa shape index (κ3) is 5.48. The van der Waals surface area contributed by atoms with E-state index in [1.165, 1.54) is 12.5 Å². The number of ether oxygens (including phenoxy) is 1. The Bertz CT molecular complexity index is 1360. The highest BCUT2D eigenvalue weighted by molar-refractivity contribution is 9.10. The van der Waals surface area contributed by atoms with Crippen LogP contribution < -0.4 is 15.6 Å². The Hall–Kier alpha value is -3.17. The molecule has 0 aliphatic rings. The summed E-state index contributed by atoms with van der Waals surface area (Å²) in [4.78, 5) is 30.0. The molecule has 4 rings (SSSR count). The largest absolute Gasteiger partial charge is 0.478 e. The molecule has 0 radical (unpaired) electrons. The van der Waals surface area contributed by atoms with E-state index >= 15 is 0 Å². The molecule has 0 bridgehead atoms. The van der Waals surface area contributed by atoms with Gasteiger partial charge >= 0.3 is 0 Å². The second kappa shape index (κ2) is 9.99. The number of hydrogen-bond acceptors (Lipinski definition) is 5. The molecule has 0 fully saturated rings. The first kappa shape index (κ1) is 24.0. The van der Waals surface area contributed by atoms with Gasteiger partial charge in [0, 0.05) is 16.0 Å². The van der Waals surface area contributed by atoms with Gasteiger partial charge in [-0.3, -0.25) is 14.2 Å². The first-order valence-electron chi connectivity index (χ1n) is 10.6. The molecule has 1 amide bonds. The van der Waals surface area contributed by atoms with Crippen LogP contribution in [0.25, 0.3) is 11.0 Å². The van der Waals surface area contributed by atoms with E-state index in [-0.39, 0.29) is 11.5 Å². The van der Waals surface area contributed by atoms with Gasteiger partial charge in [0.1, 0.15) is 17.5 Å². The normalized spacial score (nSPS) is 11.5. The van der Waals surface area contributed by atoms with Crippen molar-refractivity contribution in [3.63, 3.8) is 0 Å². The number of hydrogen-bond donors (Lipinski definition) is 1. The van der Waals surface area contributed by atoms with Crippen LogP contribution in [0.15, 0.2) is 70.3 Å². The van der Waals surface area contributed by atoms with Crippen LogP contribution in [0.5, 0.6) is 5.75 Å². The summed E-state index contributed by atoms with van der Waals surface area (Å²) in [7, 11) is 0. The van der Waals surface area contributed by atoms with Gasteiger partial charge < -0.3 is 10.1 Å². The molecule has 0 saturated heterocycles. The van der Waals surface area contributed by atoms with Gasteiger partial charge in [-0.1, -0.05) is 39.7 Å². The fourth-order valence-electron chi connectivity index (χ4n) is 3.39. The van der Waals surface area contributed by atoms with Gasteiger partial charge in [0.15, 0.2) is 11.2 Å². The van der Waals surface area contributed by atoms with E-state index in [4.69, 9.17) is 16.3 Å². The Balaban J connectivity index is 1.39. The van der Waals surface area contributed by atoms with Gasteiger partial charge in [0.05, 0.1) is 19.3 Å². The van der Waals surface area contributed by atoms with Crippen molar-refractivity contribution in [1.29, 1.82) is 0 Å². The maximum absolute atomic E-state index is 12.9. The lowest BCUT2D eigenvalue weighted by molar-refractivity contribution is -0.134. The van der Waals surface area contributed by atoms with Crippen molar-refractivity contribution in [3.8, 4) is 5.75 Å². The summed E-state index contributed by atoms with van der Waals surface area (Å²) in [6.07, 6.45) is 3.03. The van der Waals surface area contributed by atoms with Crippen molar-refractivity contribution in [3.05, 3.63) is 86.5 Å². The number of benzene rings is 2. The van der Waals surface area contributed by atoms with Gasteiger partial charge in [-0.25, -0.2) is 9.67 Å². The van der Waals surface area contributed by atoms with Crippen molar-refractivity contribution in [2.75, 3.05) is 6.54 Å². The summed E-state index contributed by atoms with van der Waals surface area (Å²) in [5.41, 5.74) is 0.215. The van der Waals surface area contributed by atoms with E-state index in [2.05, 4.69) is 31.3 Å². The average molecular weight is 545 g/mol. The highest BCUT2D eigenvalue weighted by atomic mass is 79.9. The molecule has 0 saturated carbocycles. The summed E-state index contributed by atoms with van der Waals surface area (Å²) in [5.74, 6) is 0.273. The predicted octanol–water partition coefficient (Wildman–Crippen LogP) is 4.03. The van der Waals surface area contributed by atoms with Crippen LogP contribution in [0.1, 0.15) is 19.4 Å². The number of rotatable bonds is 8. The molecular formula is C24H23BrClN5O3. The van der Waals surface area contributed by atoms with Crippen molar-refractivity contribution in [2.24, 2.45) is 0 Å². The number of fused-ring (bicyclic) bond motifs is 1. The molecule has 0 spiro atoms. The summed E-state index contributed by atoms with van der Waals surface area (Å²) in [6.45, 7) is 4.45. The van der Waals surface area contributed by atoms with E-state index in [1.54, 1.807) is 47.4 Å². The highest BCUT2D eigenvalue weighted by Gasteiger charge is 2.29. The standard InChI is InChI=1S/C24H23BrClN5O3/c1-24(2,34-19-9-7-18(26)8-10-19)23(33)27-11-12-31-21-20(13-29-31)22(32)30(15-28-21)14-16-3-5-17(25)6-4-16/h3-10,13,15H,11-12,14H2,1-2H3,(H,27,33). The van der Waals surface area contributed by atoms with E-state index in [9.17, 15) is 9.59 Å². The molecule has 8 nitrogen and oxygen atoms in total. The fourth-order valence-corrected chi connectivity index (χ4v) is 3.78. The molecule has 34 heavy (non-hydrogen) atoms. The third-order valence-corrected chi connectivity index (χ3v) is 6.01. The molecule has 0 aliphatic heterocycles. The van der Waals surface area contributed by atoms with Crippen molar-refractivity contribution in [2.45, 2.75) is 32.5 Å². The molecule has 1 N–H and O–H groups in total. The summed E-state index contributed by atoms with van der Waals surface area (Å²) in [6, 6.07) is 14.6. The molecular weight excluding hydrogens is 522 g/mol. The van der Waals surface area contributed by atoms with Gasteiger partial charge in [-0.05, 0) is 55.8 Å². The van der Waals surface area contributed by atoms with Gasteiger partial charge in [0.25, 0.3) is 11.5 Å². The minimum atomic E-state index is -1.08. The Morgan fingerprint density at radius 1 is 1.15 bits per heavy atom. The number of nitrogens with one attached hydrogen (secondary N) is 1. The summed E-state index contributed by atoms with van der Waals surface area (Å²) < 4.78 is 9.94. The Kier molecular flexibility index (Phi) is 7.04. The molecule has 2 heterocycles. The molecule has 2 aromatic carbocycles. The van der Waals surface area contributed by atoms with E-state index < -0.39 is 5.60 Å². The van der Waals surface area contributed by atoms with Crippen LogP contribution in [-0.4, -0.2) is 37.4 Å². The van der Waals surface area contributed by atoms with E-state index in [0.717, 1.165) is 10.0 Å². The number of carbonyl (C=O) groups excluding carboxylic acids is 1. The minimum Gasteiger partial charge on any atom is -0.478 e. The lowest BCUT2D eigenvalue weighted by Crippen LogP contribution is -2.47. The zero-order valence-corrected chi connectivity index (χ0v) is 21.0. The molecule has 10 heteroatoms. The fraction of sp³-hybridized carbons (Fsp3) is 0.250. The van der Waals surface area contributed by atoms with Gasteiger partial charge in [-0.15, -0.1) is 0 Å². The second-order valence-electron chi connectivity index (χ2n) is 8.23. The lowest BCUT2D eigenvalue weighted by atomic mass is 10.1. The van der Waals surface area contributed by atoms with Crippen LogP contribution in [0, 0.1) is 0 Å². The number of amides is 1. The highest BCUT2D eigenvalue weighted by Crippen LogP contribution is 2.21. The SMILES string of the molecule is CC(C)(Oc1ccc(Cl)cc1)C(=O)NCCn1ncc2c(=O)n(Cc3ccc(Br)cc3)cnc21. The predicted molar refractivity (Wildman–Crippen MR) is 134 cm³/mol. The Morgan fingerprint density at radius 3 is 2.56 bits per heavy atom. The maximum atomic E-state index is 12.9. The van der Waals surface area contributed by atoms with Crippen LogP contribution in [0.3, 0.4) is 0 Å². The molecule has 0 unspecified atom stereocenters. The van der Waals surface area contributed by atoms with Crippen molar-refractivity contribution >= 4 is 44.5 Å². The zero-order chi connectivity index (χ0) is 24.3. The number of nitrogens with zero attached hydrogens (tertiary/aromatic N) is 4. The molecule has 0 aliphatic carbocycles. The van der Waals surface area contributed by atoms with E-state index in [1.807, 2.05) is 24.3 Å². The van der Waals surface area contributed by atoms with Crippen molar-refractivity contribution in [1.82, 2.24) is 24.6 Å². The second-order valence-corrected chi connectivity index (χ2v) is 9.58. The topological polar surface area (TPSA) is 91.0 Å². The smallest absolute Gasteiger partial charge is 0.264 e. The van der Waals surface area contributed by atoms with Gasteiger partial charge in [-0.2, -0.15) is 5.10 Å². The number of aromatic nitrogens is 4. The maximum Gasteiger partial charge on any atom is 0.264 e. The molecule has 0 atom stereocenters. The monoisotopic (exact) mass is 543 g/mol. The van der Waals surface area contributed by atoms with Crippen LogP contribution in [0.2, 0.25) is 5.02 Å². The summed E-state index contributed by atoms with van der Waals surface area (Å²) in [5, 5.41) is 8.17. The first-order chi connectivity index (χ1) is 16.2. The Morgan fingerprint density at radius 2 is 1.85 bits per heavy atom. The average Bonchev–Trinajstić information content (AvgIpc) is 3.22. The Labute approximate surface area is 209 Å². The molecule has 2 aromatic heterocycles. The van der Waals surface area contributed by atoms with Crippen molar-refractivity contribution < 1.29 is 9.53 Å². The summed E-state index contributed by atoms with van der Waals surface area (Å²) >= 11 is 9.30. The quantitative estimate of drug-likeness (QED) is 0.362. The molecule has 176 valence electrons. The zero-order valence-electron chi connectivity index (χ0n) is 18.7. The lowest BCUT2D eigenvalue weighted by Gasteiger charge is -2.25. The van der Waals surface area contributed by atoms with Crippen LogP contribution >= 0.6 is 27.5 Å². The molecule has 4 aromatic rings. The first-order valence-corrected chi connectivity index (χ1v) is 11.8. The number of carbonyl (C=O) groups is 1. The number of halogens is 2. The van der Waals surface area contributed by atoms with Crippen LogP contribution in [0.4, 0.5) is 0 Å². The van der Waals surface area contributed by atoms with Crippen LogP contribution in [-0.2, 0) is 17.9 Å². The minimum absolute atomic E-state index is 0.166. The van der Waals surface area contributed by atoms with E-state index in [0.29, 0.717) is 41.4 Å². The third-order valence-electron chi connectivity index (χ3n) is 5.23.